The van der Waals surface area contributed by atoms with Crippen molar-refractivity contribution in [3.8, 4) is 0 Å². The second-order valence-electron chi connectivity index (χ2n) is 8.59. The minimum Gasteiger partial charge on any atom is -0.376 e. The number of aromatic nitrogens is 4. The fourth-order valence-electron chi connectivity index (χ4n) is 4.49. The van der Waals surface area contributed by atoms with E-state index in [4.69, 9.17) is 15.5 Å². The normalized spacial score (nSPS) is 22.9. The Morgan fingerprint density at radius 2 is 1.94 bits per heavy atom. The highest BCUT2D eigenvalue weighted by Crippen LogP contribution is 2.41. The smallest absolute Gasteiger partial charge is 0.376 e. The fraction of sp³-hybridized carbons (Fsp3) is 0.455. The third-order valence-electron chi connectivity index (χ3n) is 6.54. The van der Waals surface area contributed by atoms with E-state index in [1.165, 1.54) is 6.07 Å². The van der Waals surface area contributed by atoms with Gasteiger partial charge in [-0.2, -0.15) is 13.2 Å². The largest absolute Gasteiger partial charge is 0.433 e. The number of nitrogens with two attached hydrogens (primary N) is 1. The molecule has 5 heterocycles. The minimum absolute atomic E-state index is 0.0345. The molecule has 1 spiro atoms. The third kappa shape index (κ3) is 4.36. The Balaban J connectivity index is 1.30. The Bertz CT molecular complexity index is 1170. The molecule has 3 aromatic rings. The number of ether oxygens (including phenoxy) is 1. The van der Waals surface area contributed by atoms with Gasteiger partial charge in [-0.3, -0.25) is 4.98 Å². The molecule has 2 N–H and O–H groups in total. The number of hydrogen-bond acceptors (Lipinski definition) is 8. The number of rotatable bonds is 3. The summed E-state index contributed by atoms with van der Waals surface area (Å²) in [5.74, 6) is 0.782. The van der Waals surface area contributed by atoms with Gasteiger partial charge in [0.15, 0.2) is 5.65 Å². The Morgan fingerprint density at radius 3 is 2.64 bits per heavy atom. The van der Waals surface area contributed by atoms with Gasteiger partial charge in [0.1, 0.15) is 22.1 Å². The lowest BCUT2D eigenvalue weighted by Crippen LogP contribution is -2.50. The van der Waals surface area contributed by atoms with Crippen LogP contribution < -0.4 is 10.6 Å². The van der Waals surface area contributed by atoms with E-state index in [0.717, 1.165) is 55.8 Å². The standard InChI is InChI=1S/C22H23F3N6OS/c1-13-19(26)21(12-32-13)5-8-31(9-6-21)17-11-28-20-15(29-17)2-3-18(30-20)33-14-4-7-27-16(10-14)22(23,24)25/h2-4,7,10-11,13,19H,5-6,8-9,12,26H2,1H3/t13-,19+/m0/s1. The van der Waals surface area contributed by atoms with Crippen molar-refractivity contribution < 1.29 is 17.9 Å². The zero-order valence-electron chi connectivity index (χ0n) is 17.9. The van der Waals surface area contributed by atoms with Crippen LogP contribution >= 0.6 is 11.8 Å². The molecule has 2 aliphatic heterocycles. The van der Waals surface area contributed by atoms with Crippen LogP contribution in [0.4, 0.5) is 19.0 Å². The average Bonchev–Trinajstić information content (AvgIpc) is 3.07. The van der Waals surface area contributed by atoms with Gasteiger partial charge in [0.2, 0.25) is 0 Å². The predicted molar refractivity (Wildman–Crippen MR) is 118 cm³/mol. The maximum absolute atomic E-state index is 12.9. The molecule has 3 aromatic heterocycles. The first kappa shape index (κ1) is 22.3. The van der Waals surface area contributed by atoms with E-state index >= 15 is 0 Å². The van der Waals surface area contributed by atoms with Gasteiger partial charge in [0.25, 0.3) is 0 Å². The minimum atomic E-state index is -4.49. The fourth-order valence-corrected chi connectivity index (χ4v) is 5.30. The lowest BCUT2D eigenvalue weighted by molar-refractivity contribution is -0.141. The molecule has 0 bridgehead atoms. The Labute approximate surface area is 193 Å². The Morgan fingerprint density at radius 1 is 1.15 bits per heavy atom. The molecule has 0 amide bonds. The van der Waals surface area contributed by atoms with E-state index in [1.54, 1.807) is 18.3 Å². The van der Waals surface area contributed by atoms with Crippen LogP contribution in [0.1, 0.15) is 25.5 Å². The van der Waals surface area contributed by atoms with Gasteiger partial charge in [-0.1, -0.05) is 11.8 Å². The Kier molecular flexibility index (Phi) is 5.66. The van der Waals surface area contributed by atoms with Crippen LogP contribution in [-0.2, 0) is 10.9 Å². The van der Waals surface area contributed by atoms with E-state index in [-0.39, 0.29) is 17.6 Å². The van der Waals surface area contributed by atoms with Crippen LogP contribution in [0.15, 0.2) is 46.6 Å². The number of anilines is 1. The van der Waals surface area contributed by atoms with Crippen LogP contribution in [0.25, 0.3) is 11.2 Å². The van der Waals surface area contributed by atoms with Crippen LogP contribution in [-0.4, -0.2) is 51.8 Å². The number of pyridine rings is 2. The molecule has 11 heteroatoms. The zero-order valence-corrected chi connectivity index (χ0v) is 18.7. The SMILES string of the molecule is C[C@@H]1OCC2(CCN(c3cnc4nc(Sc5ccnc(C(F)(F)F)c5)ccc4n3)CC2)[C@@H]1N. The highest BCUT2D eigenvalue weighted by molar-refractivity contribution is 7.99. The second kappa shape index (κ2) is 8.37. The monoisotopic (exact) mass is 476 g/mol. The number of fused-ring (bicyclic) bond motifs is 1. The maximum atomic E-state index is 12.9. The summed E-state index contributed by atoms with van der Waals surface area (Å²) in [6, 6.07) is 6.11. The lowest BCUT2D eigenvalue weighted by Gasteiger charge is -2.41. The quantitative estimate of drug-likeness (QED) is 0.608. The van der Waals surface area contributed by atoms with Crippen molar-refractivity contribution >= 4 is 28.7 Å². The molecule has 2 aliphatic rings. The van der Waals surface area contributed by atoms with Crippen molar-refractivity contribution in [3.05, 3.63) is 42.4 Å². The maximum Gasteiger partial charge on any atom is 0.433 e. The van der Waals surface area contributed by atoms with Gasteiger partial charge in [-0.25, -0.2) is 15.0 Å². The highest BCUT2D eigenvalue weighted by atomic mass is 32.2. The molecule has 2 atom stereocenters. The van der Waals surface area contributed by atoms with E-state index in [2.05, 4.69) is 19.9 Å². The summed E-state index contributed by atoms with van der Waals surface area (Å²) >= 11 is 1.12. The molecule has 0 aromatic carbocycles. The molecule has 33 heavy (non-hydrogen) atoms. The van der Waals surface area contributed by atoms with Crippen molar-refractivity contribution in [1.29, 1.82) is 0 Å². The lowest BCUT2D eigenvalue weighted by atomic mass is 9.73. The number of halogens is 3. The highest BCUT2D eigenvalue weighted by Gasteiger charge is 2.47. The van der Waals surface area contributed by atoms with Gasteiger partial charge in [0.05, 0.1) is 18.9 Å². The number of nitrogens with zero attached hydrogens (tertiary/aromatic N) is 5. The van der Waals surface area contributed by atoms with E-state index in [0.29, 0.717) is 27.7 Å². The van der Waals surface area contributed by atoms with E-state index < -0.39 is 11.9 Å². The van der Waals surface area contributed by atoms with Gasteiger partial charge >= 0.3 is 6.18 Å². The summed E-state index contributed by atoms with van der Waals surface area (Å²) in [6.07, 6.45) is 0.325. The molecule has 0 aliphatic carbocycles. The second-order valence-corrected chi connectivity index (χ2v) is 9.68. The molecule has 7 nitrogen and oxygen atoms in total. The summed E-state index contributed by atoms with van der Waals surface area (Å²) in [5, 5.41) is 0.535. The molecule has 5 rings (SSSR count). The molecular formula is C22H23F3N6OS. The molecular weight excluding hydrogens is 453 g/mol. The topological polar surface area (TPSA) is 90.0 Å². The van der Waals surface area contributed by atoms with Crippen molar-refractivity contribution in [3.63, 3.8) is 0 Å². The average molecular weight is 477 g/mol. The molecule has 0 saturated carbocycles. The van der Waals surface area contributed by atoms with Gasteiger partial charge < -0.3 is 15.4 Å². The summed E-state index contributed by atoms with van der Waals surface area (Å²) in [6.45, 7) is 4.40. The zero-order chi connectivity index (χ0) is 23.2. The molecule has 2 saturated heterocycles. The summed E-state index contributed by atoms with van der Waals surface area (Å²) in [5.41, 5.74) is 6.59. The number of hydrogen-bond donors (Lipinski definition) is 1. The van der Waals surface area contributed by atoms with Gasteiger partial charge in [-0.05, 0) is 44.0 Å². The first-order valence-corrected chi connectivity index (χ1v) is 11.5. The van der Waals surface area contributed by atoms with Crippen molar-refractivity contribution in [2.45, 2.75) is 48.0 Å². The molecule has 174 valence electrons. The van der Waals surface area contributed by atoms with Gasteiger partial charge in [0, 0.05) is 35.6 Å². The summed E-state index contributed by atoms with van der Waals surface area (Å²) < 4.78 is 44.5. The molecule has 0 radical (unpaired) electrons. The Hall–Kier alpha value is -2.50. The molecule has 2 fully saturated rings. The van der Waals surface area contributed by atoms with Crippen LogP contribution in [0, 0.1) is 5.41 Å². The number of alkyl halides is 3. The van der Waals surface area contributed by atoms with Crippen molar-refractivity contribution in [2.24, 2.45) is 11.1 Å². The predicted octanol–water partition coefficient (Wildman–Crippen LogP) is 3.92. The molecule has 0 unspecified atom stereocenters. The van der Waals surface area contributed by atoms with Crippen LogP contribution in [0.3, 0.4) is 0 Å². The van der Waals surface area contributed by atoms with E-state index in [1.807, 2.05) is 6.92 Å². The number of piperidine rings is 1. The summed E-state index contributed by atoms with van der Waals surface area (Å²) in [4.78, 5) is 19.6. The van der Waals surface area contributed by atoms with Gasteiger partial charge in [-0.15, -0.1) is 0 Å². The van der Waals surface area contributed by atoms with Crippen LogP contribution in [0.5, 0.6) is 0 Å². The first-order chi connectivity index (χ1) is 15.7. The van der Waals surface area contributed by atoms with Crippen LogP contribution in [0.2, 0.25) is 0 Å². The van der Waals surface area contributed by atoms with Crippen molar-refractivity contribution in [2.75, 3.05) is 24.6 Å². The van der Waals surface area contributed by atoms with Crippen molar-refractivity contribution in [1.82, 2.24) is 19.9 Å². The van der Waals surface area contributed by atoms with E-state index in [9.17, 15) is 13.2 Å². The first-order valence-electron chi connectivity index (χ1n) is 10.7. The summed E-state index contributed by atoms with van der Waals surface area (Å²) in [7, 11) is 0. The third-order valence-corrected chi connectivity index (χ3v) is 7.47.